The highest BCUT2D eigenvalue weighted by molar-refractivity contribution is 6.03. The summed E-state index contributed by atoms with van der Waals surface area (Å²) < 4.78 is 0. The van der Waals surface area contributed by atoms with Gasteiger partial charge in [-0.25, -0.2) is 9.97 Å². The molecule has 0 unspecified atom stereocenters. The molecule has 2 N–H and O–H groups in total. The third-order valence-corrected chi connectivity index (χ3v) is 2.61. The van der Waals surface area contributed by atoms with E-state index in [4.69, 9.17) is 0 Å². The monoisotopic (exact) mass is 256 g/mol. The van der Waals surface area contributed by atoms with Crippen LogP contribution in [0.1, 0.15) is 22.8 Å². The van der Waals surface area contributed by atoms with Gasteiger partial charge in [-0.15, -0.1) is 0 Å². The van der Waals surface area contributed by atoms with Gasteiger partial charge in [0.15, 0.2) is 0 Å². The van der Waals surface area contributed by atoms with Crippen molar-refractivity contribution in [3.63, 3.8) is 0 Å². The molecule has 0 aliphatic rings. The molecule has 5 heteroatoms. The summed E-state index contributed by atoms with van der Waals surface area (Å²) in [5.74, 6) is -0.208. The molecule has 0 atom stereocenters. The maximum Gasteiger partial charge on any atom is 0.258 e. The lowest BCUT2D eigenvalue weighted by molar-refractivity contribution is 0.102. The summed E-state index contributed by atoms with van der Waals surface area (Å²) in [6.07, 6.45) is 4.37. The van der Waals surface area contributed by atoms with Crippen molar-refractivity contribution in [2.24, 2.45) is 0 Å². The average molecular weight is 256 g/mol. The zero-order chi connectivity index (χ0) is 13.5. The number of hydrogen-bond donors (Lipinski definition) is 2. The number of rotatable bonds is 5. The van der Waals surface area contributed by atoms with E-state index in [1.54, 1.807) is 0 Å². The molecule has 1 aromatic carbocycles. The van der Waals surface area contributed by atoms with Gasteiger partial charge in [-0.05, 0) is 24.2 Å². The molecule has 0 bridgehead atoms. The summed E-state index contributed by atoms with van der Waals surface area (Å²) in [5, 5.41) is 6.05. The number of carbonyl (C=O) groups excluding carboxylic acids is 1. The van der Waals surface area contributed by atoms with Crippen molar-refractivity contribution in [3.8, 4) is 0 Å². The molecule has 5 nitrogen and oxygen atoms in total. The van der Waals surface area contributed by atoms with E-state index >= 15 is 0 Å². The number of amides is 1. The molecular formula is C14H16N4O. The summed E-state index contributed by atoms with van der Waals surface area (Å²) in [4.78, 5) is 19.5. The first-order chi connectivity index (χ1) is 9.29. The minimum Gasteiger partial charge on any atom is -0.322 e. The molecule has 1 heterocycles. The minimum atomic E-state index is -0.208. The molecule has 0 fully saturated rings. The van der Waals surface area contributed by atoms with E-state index in [9.17, 15) is 4.79 Å². The third kappa shape index (κ3) is 3.86. The fourth-order valence-corrected chi connectivity index (χ4v) is 1.59. The van der Waals surface area contributed by atoms with E-state index in [0.717, 1.165) is 18.8 Å². The molecule has 0 radical (unpaired) electrons. The van der Waals surface area contributed by atoms with Crippen LogP contribution < -0.4 is 10.6 Å². The number of nitrogens with one attached hydrogen (secondary N) is 2. The molecule has 0 aliphatic heterocycles. The zero-order valence-corrected chi connectivity index (χ0v) is 10.8. The summed E-state index contributed by atoms with van der Waals surface area (Å²) in [6, 6.07) is 7.74. The van der Waals surface area contributed by atoms with Crippen LogP contribution in [0, 0.1) is 0 Å². The Morgan fingerprint density at radius 2 is 1.84 bits per heavy atom. The predicted molar refractivity (Wildman–Crippen MR) is 73.8 cm³/mol. The van der Waals surface area contributed by atoms with E-state index < -0.39 is 0 Å². The predicted octanol–water partition coefficient (Wildman–Crippen LogP) is 1.84. The van der Waals surface area contributed by atoms with Gasteiger partial charge >= 0.3 is 0 Å². The van der Waals surface area contributed by atoms with Crippen LogP contribution in [0.4, 0.5) is 5.69 Å². The van der Waals surface area contributed by atoms with E-state index in [0.29, 0.717) is 5.56 Å². The van der Waals surface area contributed by atoms with Crippen LogP contribution in [0.5, 0.6) is 0 Å². The Bertz CT molecular complexity index is 525. The fourth-order valence-electron chi connectivity index (χ4n) is 1.59. The van der Waals surface area contributed by atoms with Crippen molar-refractivity contribution < 1.29 is 4.79 Å². The average Bonchev–Trinajstić information content (AvgIpc) is 2.47. The lowest BCUT2D eigenvalue weighted by Crippen LogP contribution is -2.13. The number of hydrogen-bond acceptors (Lipinski definition) is 4. The van der Waals surface area contributed by atoms with Crippen molar-refractivity contribution >= 4 is 11.6 Å². The lowest BCUT2D eigenvalue weighted by atomic mass is 10.2. The van der Waals surface area contributed by atoms with Gasteiger partial charge in [-0.2, -0.15) is 0 Å². The highest BCUT2D eigenvalue weighted by atomic mass is 16.1. The molecule has 2 rings (SSSR count). The van der Waals surface area contributed by atoms with Gasteiger partial charge in [0.25, 0.3) is 5.91 Å². The number of anilines is 1. The van der Waals surface area contributed by atoms with E-state index in [-0.39, 0.29) is 5.91 Å². The maximum absolute atomic E-state index is 11.9. The highest BCUT2D eigenvalue weighted by Crippen LogP contribution is 2.10. The fraction of sp³-hybridized carbons (Fsp3) is 0.214. The molecule has 19 heavy (non-hydrogen) atoms. The van der Waals surface area contributed by atoms with E-state index in [1.165, 1.54) is 24.3 Å². The van der Waals surface area contributed by atoms with Gasteiger partial charge in [0, 0.05) is 24.6 Å². The van der Waals surface area contributed by atoms with Gasteiger partial charge in [0.05, 0.1) is 5.56 Å². The van der Waals surface area contributed by atoms with E-state index in [2.05, 4.69) is 27.5 Å². The molecule has 0 saturated carbocycles. The van der Waals surface area contributed by atoms with Crippen LogP contribution >= 0.6 is 0 Å². The Morgan fingerprint density at radius 3 is 2.47 bits per heavy atom. The Morgan fingerprint density at radius 1 is 1.16 bits per heavy atom. The quantitative estimate of drug-likeness (QED) is 0.856. The van der Waals surface area contributed by atoms with Crippen LogP contribution in [0.25, 0.3) is 0 Å². The van der Waals surface area contributed by atoms with E-state index in [1.807, 2.05) is 24.3 Å². The molecule has 1 amide bonds. The summed E-state index contributed by atoms with van der Waals surface area (Å²) in [7, 11) is 0. The number of benzene rings is 1. The lowest BCUT2D eigenvalue weighted by Gasteiger charge is -2.06. The Labute approximate surface area is 112 Å². The smallest absolute Gasteiger partial charge is 0.258 e. The third-order valence-electron chi connectivity index (χ3n) is 2.61. The van der Waals surface area contributed by atoms with Gasteiger partial charge < -0.3 is 10.6 Å². The summed E-state index contributed by atoms with van der Waals surface area (Å²) in [5.41, 5.74) is 2.39. The first-order valence-corrected chi connectivity index (χ1v) is 6.15. The standard InChI is InChI=1S/C14H16N4O/c1-2-15-7-11-3-5-13(6-4-11)18-14(19)12-8-16-10-17-9-12/h3-6,8-10,15H,2,7H2,1H3,(H,18,19). The molecule has 1 aromatic heterocycles. The molecule has 0 saturated heterocycles. The summed E-state index contributed by atoms with van der Waals surface area (Å²) in [6.45, 7) is 3.83. The second-order valence-electron chi connectivity index (χ2n) is 4.06. The van der Waals surface area contributed by atoms with Crippen molar-refractivity contribution in [3.05, 3.63) is 54.1 Å². The van der Waals surface area contributed by atoms with Gasteiger partial charge in [-0.1, -0.05) is 19.1 Å². The van der Waals surface area contributed by atoms with Crippen LogP contribution in [0.3, 0.4) is 0 Å². The van der Waals surface area contributed by atoms with Crippen LogP contribution in [-0.4, -0.2) is 22.4 Å². The molecular weight excluding hydrogens is 240 g/mol. The Kier molecular flexibility index (Phi) is 4.58. The largest absolute Gasteiger partial charge is 0.322 e. The topological polar surface area (TPSA) is 66.9 Å². The highest BCUT2D eigenvalue weighted by Gasteiger charge is 2.05. The van der Waals surface area contributed by atoms with Gasteiger partial charge in [0.1, 0.15) is 6.33 Å². The second-order valence-corrected chi connectivity index (χ2v) is 4.06. The van der Waals surface area contributed by atoms with Crippen molar-refractivity contribution in [1.29, 1.82) is 0 Å². The molecule has 98 valence electrons. The number of aromatic nitrogens is 2. The van der Waals surface area contributed by atoms with Crippen LogP contribution in [0.15, 0.2) is 43.0 Å². The first-order valence-electron chi connectivity index (χ1n) is 6.15. The van der Waals surface area contributed by atoms with Gasteiger partial charge in [-0.3, -0.25) is 4.79 Å². The summed E-state index contributed by atoms with van der Waals surface area (Å²) >= 11 is 0. The number of carbonyl (C=O) groups is 1. The molecule has 0 aliphatic carbocycles. The van der Waals surface area contributed by atoms with Crippen molar-refractivity contribution in [2.45, 2.75) is 13.5 Å². The minimum absolute atomic E-state index is 0.208. The van der Waals surface area contributed by atoms with Crippen molar-refractivity contribution in [1.82, 2.24) is 15.3 Å². The number of nitrogens with zero attached hydrogens (tertiary/aromatic N) is 2. The maximum atomic E-state index is 11.9. The Balaban J connectivity index is 1.98. The first kappa shape index (κ1) is 13.2. The second kappa shape index (κ2) is 6.61. The zero-order valence-electron chi connectivity index (χ0n) is 10.8. The van der Waals surface area contributed by atoms with Crippen molar-refractivity contribution in [2.75, 3.05) is 11.9 Å². The SMILES string of the molecule is CCNCc1ccc(NC(=O)c2cncnc2)cc1. The Hall–Kier alpha value is -2.27. The van der Waals surface area contributed by atoms with Crippen LogP contribution in [0.2, 0.25) is 0 Å². The van der Waals surface area contributed by atoms with Gasteiger partial charge in [0.2, 0.25) is 0 Å². The normalized spacial score (nSPS) is 10.2. The molecule has 2 aromatic rings. The molecule has 0 spiro atoms. The van der Waals surface area contributed by atoms with Crippen LogP contribution in [-0.2, 0) is 6.54 Å².